The average Bonchev–Trinajstić information content (AvgIpc) is 3.06. The van der Waals surface area contributed by atoms with Gasteiger partial charge in [-0.25, -0.2) is 9.36 Å². The van der Waals surface area contributed by atoms with Crippen LogP contribution in [0.2, 0.25) is 28.2 Å². The highest BCUT2D eigenvalue weighted by Gasteiger charge is 2.63. The Kier molecular flexibility index (Phi) is 8.94. The monoisotopic (exact) mass is 641 g/mol. The first kappa shape index (κ1) is 31.5. The second kappa shape index (κ2) is 11.3. The molecule has 3 heterocycles. The molecule has 16 heteroatoms. The topological polar surface area (TPSA) is 124 Å². The van der Waals surface area contributed by atoms with Crippen LogP contribution < -0.4 is 11.4 Å². The Bertz CT molecular complexity index is 1340. The minimum atomic E-state index is -4.23. The molecular weight excluding hydrogens is 610 g/mol. The van der Waals surface area contributed by atoms with Crippen molar-refractivity contribution in [2.24, 2.45) is 0 Å². The Labute approximate surface area is 241 Å². The number of aromatic nitrogens is 2. The van der Waals surface area contributed by atoms with Gasteiger partial charge in [0.25, 0.3) is 0 Å². The van der Waals surface area contributed by atoms with E-state index in [1.165, 1.54) is 6.07 Å². The number of rotatable bonds is 7. The summed E-state index contributed by atoms with van der Waals surface area (Å²) in [4.78, 5) is 16.0. The van der Waals surface area contributed by atoms with Gasteiger partial charge in [0.05, 0.1) is 19.3 Å². The van der Waals surface area contributed by atoms with Crippen molar-refractivity contribution in [3.05, 3.63) is 56.6 Å². The lowest BCUT2D eigenvalue weighted by molar-refractivity contribution is -0.138. The Balaban J connectivity index is 1.60. The van der Waals surface area contributed by atoms with Crippen molar-refractivity contribution < 1.29 is 36.1 Å². The number of hydrogen-bond donors (Lipinski definition) is 1. The summed E-state index contributed by atoms with van der Waals surface area (Å²) in [6.07, 6.45) is -4.69. The van der Waals surface area contributed by atoms with Gasteiger partial charge < -0.3 is 14.9 Å². The zero-order chi connectivity index (χ0) is 29.7. The molecule has 40 heavy (non-hydrogen) atoms. The van der Waals surface area contributed by atoms with E-state index in [2.05, 4.69) is 4.98 Å². The third kappa shape index (κ3) is 6.63. The minimum absolute atomic E-state index is 0.00673. The fraction of sp³-hybridized carbons (Fsp3) is 0.583. The Morgan fingerprint density at radius 1 is 1.25 bits per heavy atom. The van der Waals surface area contributed by atoms with E-state index in [0.29, 0.717) is 26.6 Å². The van der Waals surface area contributed by atoms with Crippen molar-refractivity contribution in [2.45, 2.75) is 75.8 Å². The van der Waals surface area contributed by atoms with Gasteiger partial charge in [0.15, 0.2) is 8.32 Å². The molecule has 0 radical (unpaired) electrons. The maximum absolute atomic E-state index is 16.0. The van der Waals surface area contributed by atoms with Crippen molar-refractivity contribution >= 4 is 45.2 Å². The third-order valence-electron chi connectivity index (χ3n) is 7.22. The summed E-state index contributed by atoms with van der Waals surface area (Å²) in [6, 6.07) is 5.97. The van der Waals surface area contributed by atoms with E-state index < -0.39 is 63.9 Å². The van der Waals surface area contributed by atoms with Crippen LogP contribution in [0.3, 0.4) is 0 Å². The van der Waals surface area contributed by atoms with Crippen molar-refractivity contribution in [3.8, 4) is 0 Å². The molecule has 1 aromatic carbocycles. The van der Waals surface area contributed by atoms with Gasteiger partial charge >= 0.3 is 19.4 Å². The molecule has 4 rings (SSSR count). The maximum atomic E-state index is 16.0. The van der Waals surface area contributed by atoms with Gasteiger partial charge in [-0.1, -0.05) is 44.0 Å². The average molecular weight is 642 g/mol. The lowest BCUT2D eigenvalue weighted by Gasteiger charge is -2.40. The maximum Gasteiger partial charge on any atom is 0.475 e. The molecule has 5 atom stereocenters. The SMILES string of the molecule is CC(C)(C)[Si](C)(C)O[C@@H]1[C@@H](COP2(=O)OCC[C@H](c3cc(Cl)cc(Cl)c3)O2)O[C@@H](n2ccc(N)nc2=O)C1(F)F. The summed E-state index contributed by atoms with van der Waals surface area (Å²) in [5, 5.41) is 0.290. The molecule has 2 fully saturated rings. The number of phosphoric ester groups is 1. The van der Waals surface area contributed by atoms with Gasteiger partial charge in [0.2, 0.25) is 6.23 Å². The largest absolute Gasteiger partial charge is 0.475 e. The van der Waals surface area contributed by atoms with E-state index in [1.54, 1.807) is 31.3 Å². The number of phosphoric acid groups is 1. The molecule has 1 unspecified atom stereocenters. The molecule has 0 bridgehead atoms. The number of ether oxygens (including phenoxy) is 1. The molecule has 222 valence electrons. The van der Waals surface area contributed by atoms with Crippen LogP contribution in [-0.4, -0.2) is 49.2 Å². The zero-order valence-corrected chi connectivity index (χ0v) is 26.0. The lowest BCUT2D eigenvalue weighted by Crippen LogP contribution is -2.52. The van der Waals surface area contributed by atoms with Gasteiger partial charge in [-0.2, -0.15) is 13.8 Å². The highest BCUT2D eigenvalue weighted by atomic mass is 35.5. The summed E-state index contributed by atoms with van der Waals surface area (Å²) in [5.74, 6) is -3.83. The van der Waals surface area contributed by atoms with Gasteiger partial charge in [-0.3, -0.25) is 18.1 Å². The quantitative estimate of drug-likeness (QED) is 0.272. The zero-order valence-electron chi connectivity index (χ0n) is 22.6. The van der Waals surface area contributed by atoms with Crippen LogP contribution in [0, 0.1) is 0 Å². The molecule has 2 N–H and O–H groups in total. The van der Waals surface area contributed by atoms with Crippen LogP contribution in [0.25, 0.3) is 0 Å². The Morgan fingerprint density at radius 3 is 2.50 bits per heavy atom. The van der Waals surface area contributed by atoms with Gasteiger partial charge in [0.1, 0.15) is 18.0 Å². The molecule has 0 amide bonds. The van der Waals surface area contributed by atoms with Crippen LogP contribution in [0.15, 0.2) is 35.3 Å². The van der Waals surface area contributed by atoms with Crippen LogP contribution in [0.1, 0.15) is 45.1 Å². The van der Waals surface area contributed by atoms with E-state index in [0.717, 1.165) is 6.20 Å². The molecule has 2 aliphatic rings. The number of nitrogens with zero attached hydrogens (tertiary/aromatic N) is 2. The van der Waals surface area contributed by atoms with E-state index in [4.69, 9.17) is 51.7 Å². The van der Waals surface area contributed by atoms with Crippen LogP contribution in [0.5, 0.6) is 0 Å². The first-order chi connectivity index (χ1) is 18.4. The first-order valence-corrected chi connectivity index (χ1v) is 17.6. The molecule has 2 aliphatic heterocycles. The standard InChI is InChI=1S/C24H32Cl2F2N3O7PSi/c1-23(2,3)40(4,5)38-20-18(36-21(24(20,27)28)31-8-6-19(29)30-22(31)32)13-35-39(33)34-9-7-17(37-39)14-10-15(25)12-16(26)11-14/h6,8,10-12,17-18,20-21H,7,9,13H2,1-5H3,(H2,29,30,32)/t17-,18-,20-,21-,39?/m1/s1. The summed E-state index contributed by atoms with van der Waals surface area (Å²) in [5.41, 5.74) is 5.07. The predicted octanol–water partition coefficient (Wildman–Crippen LogP) is 6.36. The highest BCUT2D eigenvalue weighted by Crippen LogP contribution is 2.58. The Morgan fingerprint density at radius 2 is 1.90 bits per heavy atom. The molecular formula is C24H32Cl2F2N3O7PSi. The fourth-order valence-electron chi connectivity index (χ4n) is 4.08. The summed E-state index contributed by atoms with van der Waals surface area (Å²) in [6.45, 7) is 8.68. The van der Waals surface area contributed by atoms with Crippen LogP contribution in [0.4, 0.5) is 14.6 Å². The molecule has 0 aliphatic carbocycles. The Hall–Kier alpha value is -1.41. The highest BCUT2D eigenvalue weighted by molar-refractivity contribution is 7.48. The molecule has 1 aromatic heterocycles. The number of halogens is 4. The molecule has 0 spiro atoms. The summed E-state index contributed by atoms with van der Waals surface area (Å²) < 4.78 is 74.3. The van der Waals surface area contributed by atoms with Gasteiger partial charge in [0, 0.05) is 22.7 Å². The molecule has 0 saturated carbocycles. The smallest absolute Gasteiger partial charge is 0.405 e. The summed E-state index contributed by atoms with van der Waals surface area (Å²) >= 11 is 12.2. The van der Waals surface area contributed by atoms with Gasteiger partial charge in [-0.15, -0.1) is 0 Å². The van der Waals surface area contributed by atoms with Crippen molar-refractivity contribution in [2.75, 3.05) is 18.9 Å². The minimum Gasteiger partial charge on any atom is -0.405 e. The number of benzene rings is 1. The molecule has 2 aromatic rings. The predicted molar refractivity (Wildman–Crippen MR) is 148 cm³/mol. The number of anilines is 1. The molecule has 2 saturated heterocycles. The van der Waals surface area contributed by atoms with Crippen molar-refractivity contribution in [3.63, 3.8) is 0 Å². The lowest BCUT2D eigenvalue weighted by atomic mass is 10.1. The van der Waals surface area contributed by atoms with Crippen LogP contribution >= 0.6 is 31.0 Å². The number of nitrogens with two attached hydrogens (primary N) is 1. The van der Waals surface area contributed by atoms with Crippen LogP contribution in [-0.2, 0) is 27.3 Å². The van der Waals surface area contributed by atoms with E-state index in [9.17, 15) is 9.36 Å². The van der Waals surface area contributed by atoms with E-state index in [-0.39, 0.29) is 12.4 Å². The van der Waals surface area contributed by atoms with E-state index in [1.807, 2.05) is 20.8 Å². The number of nitrogen functional groups attached to an aromatic ring is 1. The second-order valence-corrected chi connectivity index (χ2v) is 18.5. The van der Waals surface area contributed by atoms with E-state index >= 15 is 8.78 Å². The summed E-state index contributed by atoms with van der Waals surface area (Å²) in [7, 11) is -7.03. The van der Waals surface area contributed by atoms with Crippen molar-refractivity contribution in [1.82, 2.24) is 9.55 Å². The first-order valence-electron chi connectivity index (χ1n) is 12.5. The fourth-order valence-corrected chi connectivity index (χ4v) is 7.31. The van der Waals surface area contributed by atoms with Crippen molar-refractivity contribution in [1.29, 1.82) is 0 Å². The third-order valence-corrected chi connectivity index (χ3v) is 13.6. The number of hydrogen-bond acceptors (Lipinski definition) is 9. The number of alkyl halides is 2. The normalized spacial score (nSPS) is 29.0. The second-order valence-electron chi connectivity index (χ2n) is 11.2. The molecule has 10 nitrogen and oxygen atoms in total. The van der Waals surface area contributed by atoms with Gasteiger partial charge in [-0.05, 0) is 48.0 Å².